The lowest BCUT2D eigenvalue weighted by atomic mass is 10.2. The second-order valence-electron chi connectivity index (χ2n) is 4.04. The van der Waals surface area contributed by atoms with E-state index in [1.54, 1.807) is 0 Å². The van der Waals surface area contributed by atoms with Gasteiger partial charge in [-0.25, -0.2) is 0 Å². The molecule has 0 aliphatic carbocycles. The second kappa shape index (κ2) is 4.99. The number of benzene rings is 1. The van der Waals surface area contributed by atoms with Crippen LogP contribution < -0.4 is 5.32 Å². The molecule has 1 atom stereocenters. The summed E-state index contributed by atoms with van der Waals surface area (Å²) in [6.45, 7) is 7.08. The first-order valence-electron chi connectivity index (χ1n) is 5.53. The maximum atomic E-state index is 3.77. The quantitative estimate of drug-likeness (QED) is 0.754. The number of anilines is 1. The molecular formula is C13H18N2. The van der Waals surface area contributed by atoms with Crippen LogP contribution in [-0.2, 0) is 0 Å². The minimum atomic E-state index is 0.590. The van der Waals surface area contributed by atoms with Gasteiger partial charge in [0.15, 0.2) is 0 Å². The standard InChI is InChI=1S/C13H18N2/c1-2-9-15-10-8-13(11-15)14-12-6-4-3-5-7-12/h2-7,13-14H,1,8-11H2/t13-/m0/s1. The van der Waals surface area contributed by atoms with Gasteiger partial charge in [-0.3, -0.25) is 4.90 Å². The van der Waals surface area contributed by atoms with E-state index >= 15 is 0 Å². The average Bonchev–Trinajstić information content (AvgIpc) is 2.68. The van der Waals surface area contributed by atoms with Crippen LogP contribution in [0.25, 0.3) is 0 Å². The van der Waals surface area contributed by atoms with E-state index in [2.05, 4.69) is 41.1 Å². The summed E-state index contributed by atoms with van der Waals surface area (Å²) >= 11 is 0. The zero-order valence-corrected chi connectivity index (χ0v) is 9.02. The molecule has 1 aliphatic heterocycles. The maximum Gasteiger partial charge on any atom is 0.0400 e. The molecule has 0 bridgehead atoms. The summed E-state index contributed by atoms with van der Waals surface area (Å²) in [6.07, 6.45) is 3.20. The van der Waals surface area contributed by atoms with Crippen molar-refractivity contribution in [1.29, 1.82) is 0 Å². The fourth-order valence-corrected chi connectivity index (χ4v) is 2.07. The van der Waals surface area contributed by atoms with Crippen LogP contribution in [-0.4, -0.2) is 30.6 Å². The Kier molecular flexibility index (Phi) is 3.41. The van der Waals surface area contributed by atoms with E-state index in [0.717, 1.165) is 13.1 Å². The highest BCUT2D eigenvalue weighted by Gasteiger charge is 2.20. The summed E-state index contributed by atoms with van der Waals surface area (Å²) in [5.41, 5.74) is 1.22. The Bertz CT molecular complexity index is 308. The first-order chi connectivity index (χ1) is 7.38. The van der Waals surface area contributed by atoms with Crippen LogP contribution in [0.3, 0.4) is 0 Å². The summed E-state index contributed by atoms with van der Waals surface area (Å²) in [5.74, 6) is 0. The zero-order valence-electron chi connectivity index (χ0n) is 9.02. The van der Waals surface area contributed by atoms with Gasteiger partial charge in [0.1, 0.15) is 0 Å². The molecule has 1 saturated heterocycles. The molecule has 0 amide bonds. The molecule has 1 aromatic rings. The Labute approximate surface area is 91.6 Å². The van der Waals surface area contributed by atoms with Crippen LogP contribution in [0.15, 0.2) is 43.0 Å². The van der Waals surface area contributed by atoms with E-state index in [9.17, 15) is 0 Å². The predicted octanol–water partition coefficient (Wildman–Crippen LogP) is 2.36. The van der Waals surface area contributed by atoms with E-state index < -0.39 is 0 Å². The van der Waals surface area contributed by atoms with Crippen LogP contribution in [0.5, 0.6) is 0 Å². The van der Waals surface area contributed by atoms with Crippen LogP contribution in [0.4, 0.5) is 5.69 Å². The van der Waals surface area contributed by atoms with E-state index in [1.807, 2.05) is 12.1 Å². The Hall–Kier alpha value is -1.28. The minimum Gasteiger partial charge on any atom is -0.381 e. The SMILES string of the molecule is C=CCN1CC[C@H](Nc2ccccc2)C1. The van der Waals surface area contributed by atoms with Gasteiger partial charge in [0.25, 0.3) is 0 Å². The van der Waals surface area contributed by atoms with Crippen molar-refractivity contribution in [1.82, 2.24) is 4.90 Å². The fourth-order valence-electron chi connectivity index (χ4n) is 2.07. The number of likely N-dealkylation sites (tertiary alicyclic amines) is 1. The molecule has 1 fully saturated rings. The van der Waals surface area contributed by atoms with Gasteiger partial charge in [-0.2, -0.15) is 0 Å². The van der Waals surface area contributed by atoms with Gasteiger partial charge in [0.05, 0.1) is 0 Å². The minimum absolute atomic E-state index is 0.590. The molecule has 2 rings (SSSR count). The number of para-hydroxylation sites is 1. The van der Waals surface area contributed by atoms with Gasteiger partial charge >= 0.3 is 0 Å². The third-order valence-corrected chi connectivity index (χ3v) is 2.80. The summed E-state index contributed by atoms with van der Waals surface area (Å²) in [5, 5.41) is 3.55. The monoisotopic (exact) mass is 202 g/mol. The maximum absolute atomic E-state index is 3.77. The van der Waals surface area contributed by atoms with E-state index in [0.29, 0.717) is 6.04 Å². The topological polar surface area (TPSA) is 15.3 Å². The number of hydrogen-bond acceptors (Lipinski definition) is 2. The molecule has 1 N–H and O–H groups in total. The number of rotatable bonds is 4. The first-order valence-corrected chi connectivity index (χ1v) is 5.53. The molecule has 1 aromatic carbocycles. The number of nitrogens with one attached hydrogen (secondary N) is 1. The summed E-state index contributed by atoms with van der Waals surface area (Å²) in [4.78, 5) is 2.42. The molecule has 80 valence electrons. The van der Waals surface area contributed by atoms with Gasteiger partial charge in [-0.15, -0.1) is 6.58 Å². The lowest BCUT2D eigenvalue weighted by Crippen LogP contribution is -2.26. The van der Waals surface area contributed by atoms with Crippen LogP contribution >= 0.6 is 0 Å². The average molecular weight is 202 g/mol. The predicted molar refractivity (Wildman–Crippen MR) is 65.1 cm³/mol. The molecule has 15 heavy (non-hydrogen) atoms. The number of nitrogens with zero attached hydrogens (tertiary/aromatic N) is 1. The molecule has 1 aliphatic rings. The van der Waals surface area contributed by atoms with Crippen LogP contribution in [0.2, 0.25) is 0 Å². The highest BCUT2D eigenvalue weighted by molar-refractivity contribution is 5.43. The summed E-state index contributed by atoms with van der Waals surface area (Å²) in [6, 6.07) is 11.0. The summed E-state index contributed by atoms with van der Waals surface area (Å²) < 4.78 is 0. The fraction of sp³-hybridized carbons (Fsp3) is 0.385. The molecule has 2 nitrogen and oxygen atoms in total. The van der Waals surface area contributed by atoms with Crippen molar-refractivity contribution >= 4 is 5.69 Å². The normalized spacial score (nSPS) is 21.5. The first kappa shape index (κ1) is 10.2. The summed E-state index contributed by atoms with van der Waals surface area (Å²) in [7, 11) is 0. The third kappa shape index (κ3) is 2.83. The van der Waals surface area contributed by atoms with Gasteiger partial charge in [-0.1, -0.05) is 24.3 Å². The lowest BCUT2D eigenvalue weighted by Gasteiger charge is -2.15. The van der Waals surface area contributed by atoms with Crippen LogP contribution in [0.1, 0.15) is 6.42 Å². The lowest BCUT2D eigenvalue weighted by molar-refractivity contribution is 0.374. The smallest absolute Gasteiger partial charge is 0.0400 e. The van der Waals surface area contributed by atoms with Gasteiger partial charge in [0, 0.05) is 31.4 Å². The van der Waals surface area contributed by atoms with E-state index in [1.165, 1.54) is 18.7 Å². The van der Waals surface area contributed by atoms with Crippen molar-refractivity contribution in [3.05, 3.63) is 43.0 Å². The molecule has 0 radical (unpaired) electrons. The van der Waals surface area contributed by atoms with Gasteiger partial charge in [-0.05, 0) is 18.6 Å². The largest absolute Gasteiger partial charge is 0.381 e. The second-order valence-corrected chi connectivity index (χ2v) is 4.04. The Morgan fingerprint density at radius 3 is 2.93 bits per heavy atom. The molecule has 0 unspecified atom stereocenters. The Morgan fingerprint density at radius 2 is 2.20 bits per heavy atom. The van der Waals surface area contributed by atoms with Crippen molar-refractivity contribution in [2.75, 3.05) is 25.0 Å². The number of hydrogen-bond donors (Lipinski definition) is 1. The highest BCUT2D eigenvalue weighted by Crippen LogP contribution is 2.15. The van der Waals surface area contributed by atoms with Crippen molar-refractivity contribution in [3.63, 3.8) is 0 Å². The van der Waals surface area contributed by atoms with Crippen molar-refractivity contribution in [3.8, 4) is 0 Å². The Balaban J connectivity index is 1.85. The molecule has 1 heterocycles. The molecule has 2 heteroatoms. The molecule has 0 saturated carbocycles. The van der Waals surface area contributed by atoms with Crippen molar-refractivity contribution in [2.45, 2.75) is 12.5 Å². The van der Waals surface area contributed by atoms with Crippen LogP contribution in [0, 0.1) is 0 Å². The van der Waals surface area contributed by atoms with E-state index in [-0.39, 0.29) is 0 Å². The Morgan fingerprint density at radius 1 is 1.40 bits per heavy atom. The van der Waals surface area contributed by atoms with Gasteiger partial charge < -0.3 is 5.32 Å². The third-order valence-electron chi connectivity index (χ3n) is 2.80. The van der Waals surface area contributed by atoms with Crippen molar-refractivity contribution < 1.29 is 0 Å². The van der Waals surface area contributed by atoms with Crippen molar-refractivity contribution in [2.24, 2.45) is 0 Å². The molecular weight excluding hydrogens is 184 g/mol. The van der Waals surface area contributed by atoms with E-state index in [4.69, 9.17) is 0 Å². The molecule has 0 spiro atoms. The van der Waals surface area contributed by atoms with Gasteiger partial charge in [0.2, 0.25) is 0 Å². The zero-order chi connectivity index (χ0) is 10.5. The highest BCUT2D eigenvalue weighted by atomic mass is 15.2. The molecule has 0 aromatic heterocycles.